The summed E-state index contributed by atoms with van der Waals surface area (Å²) in [4.78, 5) is 88.1. The monoisotopic (exact) mass is 685 g/mol. The number of ether oxygens (including phenoxy) is 10. The van der Waals surface area contributed by atoms with Crippen molar-refractivity contribution < 1.29 is 80.9 Å². The number of aromatic amines is 1. The van der Waals surface area contributed by atoms with E-state index in [0.717, 1.165) is 48.5 Å². The molecule has 0 spiro atoms. The van der Waals surface area contributed by atoms with Crippen LogP contribution in [0.15, 0.2) is 18.3 Å². The highest BCUT2D eigenvalue weighted by Gasteiger charge is 2.57. The lowest BCUT2D eigenvalue weighted by Gasteiger charge is -2.48. The molecular formula is C30H39NO17. The third-order valence-corrected chi connectivity index (χ3v) is 6.86. The minimum atomic E-state index is -1.75. The number of hydrogen-bond acceptors (Lipinski definition) is 17. The quantitative estimate of drug-likeness (QED) is 0.231. The van der Waals surface area contributed by atoms with Crippen LogP contribution in [0.2, 0.25) is 0 Å². The molecule has 0 aliphatic carbocycles. The second-order valence-electron chi connectivity index (χ2n) is 10.8. The van der Waals surface area contributed by atoms with Crippen molar-refractivity contribution in [3.05, 3.63) is 24.0 Å². The van der Waals surface area contributed by atoms with Gasteiger partial charge in [0.15, 0.2) is 36.8 Å². The average molecular weight is 686 g/mol. The van der Waals surface area contributed by atoms with E-state index in [2.05, 4.69) is 4.98 Å². The Morgan fingerprint density at radius 2 is 1.00 bits per heavy atom. The molecule has 2 saturated heterocycles. The van der Waals surface area contributed by atoms with E-state index < -0.39 is 116 Å². The van der Waals surface area contributed by atoms with Gasteiger partial charge in [-0.15, -0.1) is 0 Å². The van der Waals surface area contributed by atoms with Crippen LogP contribution in [0.25, 0.3) is 0 Å². The van der Waals surface area contributed by atoms with Crippen LogP contribution in [0.3, 0.4) is 0 Å². The van der Waals surface area contributed by atoms with Crippen molar-refractivity contribution in [2.24, 2.45) is 0 Å². The van der Waals surface area contributed by atoms with Gasteiger partial charge in [-0.3, -0.25) is 33.6 Å². The van der Waals surface area contributed by atoms with Gasteiger partial charge in [0.25, 0.3) is 0 Å². The lowest BCUT2D eigenvalue weighted by Crippen LogP contribution is -2.66. The van der Waals surface area contributed by atoms with Crippen molar-refractivity contribution in [1.82, 2.24) is 4.98 Å². The van der Waals surface area contributed by atoms with Gasteiger partial charge >= 0.3 is 41.8 Å². The third kappa shape index (κ3) is 10.5. The Labute approximate surface area is 274 Å². The Bertz CT molecular complexity index is 1330. The van der Waals surface area contributed by atoms with E-state index in [-0.39, 0.29) is 0 Å². The van der Waals surface area contributed by atoms with Gasteiger partial charge in [0.1, 0.15) is 37.6 Å². The number of hydrogen-bond donors (Lipinski definition) is 1. The van der Waals surface area contributed by atoms with E-state index in [9.17, 15) is 33.6 Å². The summed E-state index contributed by atoms with van der Waals surface area (Å²) in [5.41, 5.74) is 0.400. The first kappa shape index (κ1) is 37.9. The fourth-order valence-electron chi connectivity index (χ4n) is 5.28. The van der Waals surface area contributed by atoms with Gasteiger partial charge in [0.2, 0.25) is 0 Å². The molecule has 1 aromatic heterocycles. The zero-order chi connectivity index (χ0) is 35.7. The SMILES string of the molecule is CC(=O)OC[C@H]1O[C@@H](c2ccc[nH]2)[C@H](OC(C)=O)[C@@H](OC(C)=O)[C@@H]1O[C@H]1O[C@H](COC(C)=O)[C@@H](OC(C)=O)[C@H](OC(C)=O)[C@H]1OC(C)=O. The van der Waals surface area contributed by atoms with Gasteiger partial charge in [-0.1, -0.05) is 0 Å². The second kappa shape index (κ2) is 17.0. The van der Waals surface area contributed by atoms with Gasteiger partial charge in [-0.2, -0.15) is 0 Å². The molecule has 0 amide bonds. The molecule has 3 rings (SSSR count). The highest BCUT2D eigenvalue weighted by atomic mass is 16.8. The zero-order valence-corrected chi connectivity index (χ0v) is 27.4. The van der Waals surface area contributed by atoms with Crippen LogP contribution in [-0.2, 0) is 80.9 Å². The summed E-state index contributed by atoms with van der Waals surface area (Å²) < 4.78 is 56.5. The standard InChI is InChI=1S/C30H39NO17/c1-13(32)39-11-21-25(27(43-17(5)36)26(42-16(4)35)23(46-21)20-9-8-10-31-20)48-30-29(45-19(7)38)28(44-18(6)37)24(41-15(3)34)22(47-30)12-40-14(2)33/h8-10,21-31H,11-12H2,1-7H3/t21-,22-,23+,24-,25-,26+,27+,28+,29-,30-/m1/s1. The number of carbonyl (C=O) groups excluding carboxylic acids is 7. The van der Waals surface area contributed by atoms with E-state index in [1.54, 1.807) is 18.3 Å². The van der Waals surface area contributed by atoms with E-state index in [4.69, 9.17) is 47.4 Å². The zero-order valence-electron chi connectivity index (χ0n) is 27.4. The largest absolute Gasteiger partial charge is 0.463 e. The van der Waals surface area contributed by atoms with Gasteiger partial charge in [0.05, 0.1) is 0 Å². The highest BCUT2D eigenvalue weighted by molar-refractivity contribution is 5.69. The summed E-state index contributed by atoms with van der Waals surface area (Å²) in [6.07, 6.45) is -13.0. The van der Waals surface area contributed by atoms with Crippen LogP contribution >= 0.6 is 0 Å². The van der Waals surface area contributed by atoms with Gasteiger partial charge in [-0.05, 0) is 12.1 Å². The van der Waals surface area contributed by atoms with Crippen molar-refractivity contribution in [2.75, 3.05) is 13.2 Å². The number of rotatable bonds is 12. The van der Waals surface area contributed by atoms with E-state index in [1.807, 2.05) is 0 Å². The number of nitrogens with one attached hydrogen (secondary N) is 1. The lowest BCUT2D eigenvalue weighted by atomic mass is 9.92. The normalized spacial score (nSPS) is 29.8. The molecule has 1 aromatic rings. The summed E-state index contributed by atoms with van der Waals surface area (Å²) in [5, 5.41) is 0. The van der Waals surface area contributed by atoms with Crippen LogP contribution in [0, 0.1) is 0 Å². The Morgan fingerprint density at radius 3 is 1.46 bits per heavy atom. The molecule has 0 unspecified atom stereocenters. The molecule has 0 radical (unpaired) electrons. The molecule has 2 aliphatic heterocycles. The Kier molecular flexibility index (Phi) is 13.4. The smallest absolute Gasteiger partial charge is 0.303 e. The first-order chi connectivity index (χ1) is 22.6. The molecule has 2 aliphatic rings. The number of H-pyrrole nitrogens is 1. The highest BCUT2D eigenvalue weighted by Crippen LogP contribution is 2.39. The molecule has 2 fully saturated rings. The second-order valence-corrected chi connectivity index (χ2v) is 10.8. The summed E-state index contributed by atoms with van der Waals surface area (Å²) >= 11 is 0. The third-order valence-electron chi connectivity index (χ3n) is 6.86. The summed E-state index contributed by atoms with van der Waals surface area (Å²) in [7, 11) is 0. The van der Waals surface area contributed by atoms with Crippen molar-refractivity contribution in [3.63, 3.8) is 0 Å². The van der Waals surface area contributed by atoms with E-state index in [1.165, 1.54) is 0 Å². The van der Waals surface area contributed by atoms with Crippen molar-refractivity contribution in [2.45, 2.75) is 110 Å². The average Bonchev–Trinajstić information content (AvgIpc) is 3.49. The predicted octanol–water partition coefficient (Wildman–Crippen LogP) is 0.349. The lowest BCUT2D eigenvalue weighted by molar-refractivity contribution is -0.345. The Balaban J connectivity index is 2.17. The van der Waals surface area contributed by atoms with Crippen molar-refractivity contribution >= 4 is 41.8 Å². The minimum Gasteiger partial charge on any atom is -0.463 e. The van der Waals surface area contributed by atoms with Gasteiger partial charge in [-0.25, -0.2) is 0 Å². The summed E-state index contributed by atoms with van der Waals surface area (Å²) in [6.45, 7) is 6.60. The molecule has 18 nitrogen and oxygen atoms in total. The predicted molar refractivity (Wildman–Crippen MR) is 153 cm³/mol. The number of carbonyl (C=O) groups is 7. The van der Waals surface area contributed by atoms with Crippen LogP contribution in [0.1, 0.15) is 60.3 Å². The molecule has 0 bridgehead atoms. The Hall–Kier alpha value is -4.55. The molecule has 1 N–H and O–H groups in total. The maximum absolute atomic E-state index is 12.5. The fraction of sp³-hybridized carbons (Fsp3) is 0.633. The van der Waals surface area contributed by atoms with Gasteiger partial charge < -0.3 is 52.4 Å². The topological polar surface area (TPSA) is 228 Å². The molecule has 48 heavy (non-hydrogen) atoms. The molecule has 0 saturated carbocycles. The maximum Gasteiger partial charge on any atom is 0.303 e. The molecular weight excluding hydrogens is 646 g/mol. The molecule has 0 aromatic carbocycles. The Morgan fingerprint density at radius 1 is 0.562 bits per heavy atom. The minimum absolute atomic E-state index is 0.400. The fourth-order valence-corrected chi connectivity index (χ4v) is 5.28. The number of esters is 7. The van der Waals surface area contributed by atoms with E-state index in [0.29, 0.717) is 5.69 Å². The number of aromatic nitrogens is 1. The van der Waals surface area contributed by atoms with Crippen molar-refractivity contribution in [3.8, 4) is 0 Å². The van der Waals surface area contributed by atoms with Crippen LogP contribution in [-0.4, -0.2) is 115 Å². The first-order valence-corrected chi connectivity index (χ1v) is 14.8. The molecule has 18 heteroatoms. The van der Waals surface area contributed by atoms with Crippen LogP contribution in [0.4, 0.5) is 0 Å². The van der Waals surface area contributed by atoms with Gasteiger partial charge in [0, 0.05) is 60.4 Å². The maximum atomic E-state index is 12.5. The molecule has 266 valence electrons. The van der Waals surface area contributed by atoms with Crippen molar-refractivity contribution in [1.29, 1.82) is 0 Å². The first-order valence-electron chi connectivity index (χ1n) is 14.8. The van der Waals surface area contributed by atoms with E-state index >= 15 is 0 Å². The summed E-state index contributed by atoms with van der Waals surface area (Å²) in [5.74, 6) is -5.66. The van der Waals surface area contributed by atoms with Crippen LogP contribution < -0.4 is 0 Å². The molecule has 10 atom stereocenters. The molecule has 3 heterocycles. The van der Waals surface area contributed by atoms with Crippen LogP contribution in [0.5, 0.6) is 0 Å². The summed E-state index contributed by atoms with van der Waals surface area (Å²) in [6, 6.07) is 3.26.